The first kappa shape index (κ1) is 27.2. The molecule has 0 radical (unpaired) electrons. The predicted molar refractivity (Wildman–Crippen MR) is 202 cm³/mol. The van der Waals surface area contributed by atoms with E-state index in [0.717, 1.165) is 17.1 Å². The summed E-state index contributed by atoms with van der Waals surface area (Å²) in [6.07, 6.45) is 0. The molecular formula is C46H31N. The lowest BCUT2D eigenvalue weighted by atomic mass is 9.94. The van der Waals surface area contributed by atoms with E-state index in [-0.39, 0.29) is 0 Å². The van der Waals surface area contributed by atoms with Gasteiger partial charge in [-0.25, -0.2) is 0 Å². The van der Waals surface area contributed by atoms with Crippen LogP contribution in [0.1, 0.15) is 0 Å². The SMILES string of the molecule is c1ccc(-c2cccc(N(c3ccc(-c4cccc5ccccc45)cc3)c3cc4ccc5ccccc5c4c4ccccc34)c2)cc1. The highest BCUT2D eigenvalue weighted by atomic mass is 15.1. The number of hydrogen-bond donors (Lipinski definition) is 0. The second-order valence-corrected chi connectivity index (χ2v) is 12.2. The Morgan fingerprint density at radius 3 is 1.70 bits per heavy atom. The minimum absolute atomic E-state index is 1.12. The zero-order valence-electron chi connectivity index (χ0n) is 25.8. The lowest BCUT2D eigenvalue weighted by molar-refractivity contribution is 1.30. The van der Waals surface area contributed by atoms with Gasteiger partial charge in [-0.15, -0.1) is 0 Å². The summed E-state index contributed by atoms with van der Waals surface area (Å²) in [5.41, 5.74) is 8.24. The Kier molecular flexibility index (Phi) is 6.54. The molecule has 0 aromatic heterocycles. The van der Waals surface area contributed by atoms with Crippen LogP contribution in [0, 0.1) is 0 Å². The van der Waals surface area contributed by atoms with Gasteiger partial charge in [-0.1, -0.05) is 158 Å². The summed E-state index contributed by atoms with van der Waals surface area (Å²) in [6.45, 7) is 0. The smallest absolute Gasteiger partial charge is 0.0546 e. The van der Waals surface area contributed by atoms with Crippen LogP contribution >= 0.6 is 0 Å². The van der Waals surface area contributed by atoms with Crippen molar-refractivity contribution in [2.75, 3.05) is 4.90 Å². The molecule has 0 amide bonds. The van der Waals surface area contributed by atoms with Gasteiger partial charge in [-0.05, 0) is 90.3 Å². The predicted octanol–water partition coefficient (Wildman–Crippen LogP) is 13.1. The van der Waals surface area contributed by atoms with Crippen molar-refractivity contribution in [2.45, 2.75) is 0 Å². The lowest BCUT2D eigenvalue weighted by Crippen LogP contribution is -2.11. The molecule has 0 heterocycles. The lowest BCUT2D eigenvalue weighted by Gasteiger charge is -2.28. The second kappa shape index (κ2) is 11.3. The van der Waals surface area contributed by atoms with Crippen LogP contribution in [0.5, 0.6) is 0 Å². The minimum Gasteiger partial charge on any atom is -0.310 e. The maximum absolute atomic E-state index is 2.43. The van der Waals surface area contributed by atoms with Crippen molar-refractivity contribution in [3.63, 3.8) is 0 Å². The molecule has 9 aromatic rings. The molecule has 1 nitrogen and oxygen atoms in total. The average molecular weight is 598 g/mol. The van der Waals surface area contributed by atoms with Crippen molar-refractivity contribution in [2.24, 2.45) is 0 Å². The maximum atomic E-state index is 2.43. The van der Waals surface area contributed by atoms with Gasteiger partial charge in [0.05, 0.1) is 5.69 Å². The molecule has 0 N–H and O–H groups in total. The van der Waals surface area contributed by atoms with Crippen LogP contribution in [0.2, 0.25) is 0 Å². The van der Waals surface area contributed by atoms with Gasteiger partial charge in [0.2, 0.25) is 0 Å². The molecule has 220 valence electrons. The molecule has 0 unspecified atom stereocenters. The Balaban J connectivity index is 1.28. The Morgan fingerprint density at radius 1 is 0.298 bits per heavy atom. The summed E-state index contributed by atoms with van der Waals surface area (Å²) in [5.74, 6) is 0. The van der Waals surface area contributed by atoms with Crippen LogP contribution in [0.15, 0.2) is 188 Å². The van der Waals surface area contributed by atoms with E-state index >= 15 is 0 Å². The molecule has 0 fully saturated rings. The van der Waals surface area contributed by atoms with Crippen molar-refractivity contribution in [3.8, 4) is 22.3 Å². The molecule has 0 aliphatic heterocycles. The van der Waals surface area contributed by atoms with E-state index < -0.39 is 0 Å². The standard InChI is InChI=1S/C46H31N/c1-2-12-32(13-3-1)36-17-10-18-39(30-36)47(38-28-26-35(27-29-38)41-23-11-16-33-14-4-6-19-40(33)41)45-31-37-25-24-34-15-5-7-20-42(34)46(37)44-22-9-8-21-43(44)45/h1-31H. The summed E-state index contributed by atoms with van der Waals surface area (Å²) in [4.78, 5) is 2.43. The van der Waals surface area contributed by atoms with Crippen LogP contribution < -0.4 is 4.90 Å². The van der Waals surface area contributed by atoms with Crippen molar-refractivity contribution in [3.05, 3.63) is 188 Å². The summed E-state index contributed by atoms with van der Waals surface area (Å²) < 4.78 is 0. The fraction of sp³-hybridized carbons (Fsp3) is 0. The van der Waals surface area contributed by atoms with E-state index in [0.29, 0.717) is 0 Å². The first-order valence-corrected chi connectivity index (χ1v) is 16.2. The van der Waals surface area contributed by atoms with Crippen LogP contribution in [0.25, 0.3) is 65.3 Å². The van der Waals surface area contributed by atoms with Crippen LogP contribution in [0.4, 0.5) is 17.1 Å². The number of anilines is 3. The molecule has 0 atom stereocenters. The van der Waals surface area contributed by atoms with E-state index in [2.05, 4.69) is 193 Å². The molecule has 0 saturated heterocycles. The molecule has 0 aliphatic carbocycles. The van der Waals surface area contributed by atoms with Crippen LogP contribution in [-0.4, -0.2) is 0 Å². The first-order chi connectivity index (χ1) is 23.3. The molecule has 47 heavy (non-hydrogen) atoms. The summed E-state index contributed by atoms with van der Waals surface area (Å²) in [7, 11) is 0. The molecule has 9 aromatic carbocycles. The van der Waals surface area contributed by atoms with Gasteiger partial charge >= 0.3 is 0 Å². The van der Waals surface area contributed by atoms with E-state index in [1.54, 1.807) is 0 Å². The van der Waals surface area contributed by atoms with Crippen LogP contribution in [-0.2, 0) is 0 Å². The third kappa shape index (κ3) is 4.72. The fourth-order valence-corrected chi connectivity index (χ4v) is 7.19. The number of benzene rings is 9. The number of hydrogen-bond acceptors (Lipinski definition) is 1. The van der Waals surface area contributed by atoms with E-state index in [9.17, 15) is 0 Å². The first-order valence-electron chi connectivity index (χ1n) is 16.2. The minimum atomic E-state index is 1.12. The maximum Gasteiger partial charge on any atom is 0.0546 e. The van der Waals surface area contributed by atoms with Crippen molar-refractivity contribution >= 4 is 60.2 Å². The number of rotatable bonds is 5. The van der Waals surface area contributed by atoms with Crippen molar-refractivity contribution in [1.29, 1.82) is 0 Å². The molecule has 9 rings (SSSR count). The highest BCUT2D eigenvalue weighted by Gasteiger charge is 2.19. The summed E-state index contributed by atoms with van der Waals surface area (Å²) >= 11 is 0. The van der Waals surface area contributed by atoms with Gasteiger partial charge in [0.15, 0.2) is 0 Å². The zero-order valence-corrected chi connectivity index (χ0v) is 25.8. The Bertz CT molecular complexity index is 2560. The topological polar surface area (TPSA) is 3.24 Å². The van der Waals surface area contributed by atoms with Gasteiger partial charge in [0, 0.05) is 16.8 Å². The number of nitrogens with zero attached hydrogens (tertiary/aromatic N) is 1. The fourth-order valence-electron chi connectivity index (χ4n) is 7.19. The molecule has 1 heteroatoms. The zero-order chi connectivity index (χ0) is 31.2. The van der Waals surface area contributed by atoms with Gasteiger partial charge in [0.1, 0.15) is 0 Å². The average Bonchev–Trinajstić information content (AvgIpc) is 3.15. The number of fused-ring (bicyclic) bond motifs is 6. The van der Waals surface area contributed by atoms with Gasteiger partial charge in [-0.2, -0.15) is 0 Å². The monoisotopic (exact) mass is 597 g/mol. The van der Waals surface area contributed by atoms with Crippen molar-refractivity contribution in [1.82, 2.24) is 0 Å². The third-order valence-electron chi connectivity index (χ3n) is 9.40. The molecule has 0 saturated carbocycles. The normalized spacial score (nSPS) is 11.4. The summed E-state index contributed by atoms with van der Waals surface area (Å²) in [5, 5.41) is 10.1. The Hall–Kier alpha value is -6.18. The quantitative estimate of drug-likeness (QED) is 0.178. The largest absolute Gasteiger partial charge is 0.310 e. The van der Waals surface area contributed by atoms with Crippen LogP contribution in [0.3, 0.4) is 0 Å². The van der Waals surface area contributed by atoms with Gasteiger partial charge < -0.3 is 4.90 Å². The Labute approximate surface area is 274 Å². The second-order valence-electron chi connectivity index (χ2n) is 12.2. The van der Waals surface area contributed by atoms with Gasteiger partial charge in [-0.3, -0.25) is 0 Å². The van der Waals surface area contributed by atoms with E-state index in [1.165, 1.54) is 65.3 Å². The highest BCUT2D eigenvalue weighted by molar-refractivity contribution is 6.23. The van der Waals surface area contributed by atoms with Gasteiger partial charge in [0.25, 0.3) is 0 Å². The molecular weight excluding hydrogens is 567 g/mol. The molecule has 0 spiro atoms. The van der Waals surface area contributed by atoms with Crippen molar-refractivity contribution < 1.29 is 0 Å². The van der Waals surface area contributed by atoms with E-state index in [4.69, 9.17) is 0 Å². The van der Waals surface area contributed by atoms with E-state index in [1.807, 2.05) is 0 Å². The third-order valence-corrected chi connectivity index (χ3v) is 9.40. The molecule has 0 aliphatic rings. The highest BCUT2D eigenvalue weighted by Crippen LogP contribution is 2.44. The summed E-state index contributed by atoms with van der Waals surface area (Å²) in [6, 6.07) is 68.3. The molecule has 0 bridgehead atoms. The Morgan fingerprint density at radius 2 is 0.894 bits per heavy atom.